The van der Waals surface area contributed by atoms with Crippen LogP contribution in [0, 0.1) is 0 Å². The third-order valence-electron chi connectivity index (χ3n) is 5.64. The molecule has 3 aromatic rings. The van der Waals surface area contributed by atoms with Gasteiger partial charge in [-0.25, -0.2) is 0 Å². The number of fused-ring (bicyclic) bond motifs is 3. The van der Waals surface area contributed by atoms with Crippen LogP contribution in [0.25, 0.3) is 21.8 Å². The summed E-state index contributed by atoms with van der Waals surface area (Å²) in [7, 11) is 0. The van der Waals surface area contributed by atoms with E-state index in [0.29, 0.717) is 24.3 Å². The molecule has 0 spiro atoms. The average molecular weight is 350 g/mol. The number of carbonyl (C=O) groups is 1. The quantitative estimate of drug-likeness (QED) is 0.754. The minimum Gasteiger partial charge on any atom is -0.349 e. The molecule has 136 valence electrons. The molecule has 2 aromatic heterocycles. The molecule has 1 aliphatic heterocycles. The van der Waals surface area contributed by atoms with E-state index in [1.165, 1.54) is 19.3 Å². The summed E-state index contributed by atoms with van der Waals surface area (Å²) in [6.07, 6.45) is 5.59. The second kappa shape index (κ2) is 7.08. The first kappa shape index (κ1) is 17.0. The molecule has 1 aliphatic rings. The molecule has 1 aromatic carbocycles. The van der Waals surface area contributed by atoms with Crippen LogP contribution in [0.3, 0.4) is 0 Å². The Morgan fingerprint density at radius 2 is 2.00 bits per heavy atom. The summed E-state index contributed by atoms with van der Waals surface area (Å²) in [4.78, 5) is 22.8. The molecule has 3 heterocycles. The zero-order valence-electron chi connectivity index (χ0n) is 15.5. The fourth-order valence-electron chi connectivity index (χ4n) is 4.17. The highest BCUT2D eigenvalue weighted by molar-refractivity contribution is 6.07. The smallest absolute Gasteiger partial charge is 0.267 e. The van der Waals surface area contributed by atoms with Gasteiger partial charge in [-0.3, -0.25) is 14.7 Å². The number of hydrogen-bond donors (Lipinski definition) is 2. The summed E-state index contributed by atoms with van der Waals surface area (Å²) in [5.41, 5.74) is 2.42. The summed E-state index contributed by atoms with van der Waals surface area (Å²) >= 11 is 0. The van der Waals surface area contributed by atoms with E-state index in [2.05, 4.69) is 34.0 Å². The highest BCUT2D eigenvalue weighted by Crippen LogP contribution is 2.24. The normalized spacial score (nSPS) is 21.3. The van der Waals surface area contributed by atoms with E-state index in [9.17, 15) is 4.79 Å². The summed E-state index contributed by atoms with van der Waals surface area (Å²) in [5, 5.41) is 5.15. The lowest BCUT2D eigenvalue weighted by molar-refractivity contribution is 0.0886. The van der Waals surface area contributed by atoms with Crippen LogP contribution in [-0.4, -0.2) is 45.9 Å². The number of amides is 1. The van der Waals surface area contributed by atoms with Gasteiger partial charge in [0.15, 0.2) is 0 Å². The largest absolute Gasteiger partial charge is 0.349 e. The van der Waals surface area contributed by atoms with Gasteiger partial charge in [0.1, 0.15) is 5.69 Å². The molecule has 1 fully saturated rings. The Labute approximate surface area is 153 Å². The Balaban J connectivity index is 1.45. The summed E-state index contributed by atoms with van der Waals surface area (Å²) in [5.74, 6) is -0.0532. The molecule has 0 unspecified atom stereocenters. The van der Waals surface area contributed by atoms with Gasteiger partial charge >= 0.3 is 0 Å². The van der Waals surface area contributed by atoms with Crippen molar-refractivity contribution in [3.8, 4) is 0 Å². The summed E-state index contributed by atoms with van der Waals surface area (Å²) < 4.78 is 0. The number of nitrogens with zero attached hydrogens (tertiary/aromatic N) is 2. The Kier molecular flexibility index (Phi) is 4.64. The highest BCUT2D eigenvalue weighted by atomic mass is 16.1. The van der Waals surface area contributed by atoms with Crippen LogP contribution < -0.4 is 5.32 Å². The van der Waals surface area contributed by atoms with Crippen LogP contribution in [0.1, 0.15) is 43.6 Å². The fourth-order valence-corrected chi connectivity index (χ4v) is 4.17. The van der Waals surface area contributed by atoms with Gasteiger partial charge < -0.3 is 10.3 Å². The standard InChI is InChI=1S/C21H26N4O/c1-14-5-3-6-15(2)25(14)12-11-23-21(26)18-13-17-9-8-16-7-4-10-22-19(16)20(17)24-18/h4,7-10,13-15,24H,3,5-6,11-12H2,1-2H3,(H,23,26)/t14-,15-/m0/s1. The van der Waals surface area contributed by atoms with Crippen molar-refractivity contribution in [1.29, 1.82) is 0 Å². The molecular formula is C21H26N4O. The Hall–Kier alpha value is -2.40. The molecule has 1 saturated heterocycles. The van der Waals surface area contributed by atoms with Crippen molar-refractivity contribution in [1.82, 2.24) is 20.2 Å². The number of pyridine rings is 1. The number of likely N-dealkylation sites (tertiary alicyclic amines) is 1. The van der Waals surface area contributed by atoms with Crippen LogP contribution in [0.15, 0.2) is 36.5 Å². The lowest BCUT2D eigenvalue weighted by Crippen LogP contribution is -2.47. The number of H-pyrrole nitrogens is 1. The van der Waals surface area contributed by atoms with Crippen LogP contribution in [-0.2, 0) is 0 Å². The molecule has 0 radical (unpaired) electrons. The van der Waals surface area contributed by atoms with E-state index in [4.69, 9.17) is 0 Å². The second-order valence-electron chi connectivity index (χ2n) is 7.41. The predicted octanol–water partition coefficient (Wildman–Crippen LogP) is 3.71. The molecule has 4 rings (SSSR count). The van der Waals surface area contributed by atoms with Crippen molar-refractivity contribution in [2.75, 3.05) is 13.1 Å². The molecule has 2 N–H and O–H groups in total. The van der Waals surface area contributed by atoms with Crippen molar-refractivity contribution in [3.63, 3.8) is 0 Å². The molecular weight excluding hydrogens is 324 g/mol. The van der Waals surface area contributed by atoms with E-state index in [1.807, 2.05) is 30.3 Å². The number of piperidine rings is 1. The molecule has 26 heavy (non-hydrogen) atoms. The van der Waals surface area contributed by atoms with Gasteiger partial charge in [-0.1, -0.05) is 24.6 Å². The monoisotopic (exact) mass is 350 g/mol. The van der Waals surface area contributed by atoms with Crippen molar-refractivity contribution in [2.24, 2.45) is 0 Å². The predicted molar refractivity (Wildman–Crippen MR) is 105 cm³/mol. The van der Waals surface area contributed by atoms with Crippen LogP contribution in [0.4, 0.5) is 0 Å². The Morgan fingerprint density at radius 3 is 2.81 bits per heavy atom. The zero-order valence-corrected chi connectivity index (χ0v) is 15.5. The van der Waals surface area contributed by atoms with Gasteiger partial charge in [-0.05, 0) is 38.8 Å². The Bertz CT molecular complexity index is 922. The number of nitrogens with one attached hydrogen (secondary N) is 2. The maximum Gasteiger partial charge on any atom is 0.267 e. The van der Waals surface area contributed by atoms with Gasteiger partial charge in [0.05, 0.1) is 11.0 Å². The van der Waals surface area contributed by atoms with Crippen molar-refractivity contribution < 1.29 is 4.79 Å². The van der Waals surface area contributed by atoms with Gasteiger partial charge in [-0.15, -0.1) is 0 Å². The first-order chi connectivity index (χ1) is 12.6. The number of hydrogen-bond acceptors (Lipinski definition) is 3. The molecule has 1 amide bonds. The van der Waals surface area contributed by atoms with Crippen molar-refractivity contribution in [2.45, 2.75) is 45.2 Å². The molecule has 0 bridgehead atoms. The number of aromatic amines is 1. The number of rotatable bonds is 4. The summed E-state index contributed by atoms with van der Waals surface area (Å²) in [6.45, 7) is 6.14. The van der Waals surface area contributed by atoms with Gasteiger partial charge in [0.2, 0.25) is 0 Å². The zero-order chi connectivity index (χ0) is 18.1. The van der Waals surface area contributed by atoms with E-state index in [1.54, 1.807) is 6.20 Å². The maximum absolute atomic E-state index is 12.6. The summed E-state index contributed by atoms with van der Waals surface area (Å²) in [6, 6.07) is 11.1. The number of carbonyl (C=O) groups excluding carboxylic acids is 1. The van der Waals surface area contributed by atoms with E-state index in [-0.39, 0.29) is 5.91 Å². The topological polar surface area (TPSA) is 61.0 Å². The van der Waals surface area contributed by atoms with Gasteiger partial charge in [0, 0.05) is 42.1 Å². The second-order valence-corrected chi connectivity index (χ2v) is 7.41. The maximum atomic E-state index is 12.6. The number of benzene rings is 1. The molecule has 5 nitrogen and oxygen atoms in total. The minimum absolute atomic E-state index is 0.0532. The highest BCUT2D eigenvalue weighted by Gasteiger charge is 2.24. The van der Waals surface area contributed by atoms with Crippen LogP contribution in [0.2, 0.25) is 0 Å². The first-order valence-electron chi connectivity index (χ1n) is 9.54. The number of aromatic nitrogens is 2. The van der Waals surface area contributed by atoms with Gasteiger partial charge in [0.25, 0.3) is 5.91 Å². The Morgan fingerprint density at radius 1 is 1.23 bits per heavy atom. The first-order valence-corrected chi connectivity index (χ1v) is 9.54. The fraction of sp³-hybridized carbons (Fsp3) is 0.429. The van der Waals surface area contributed by atoms with E-state index in [0.717, 1.165) is 28.4 Å². The van der Waals surface area contributed by atoms with Crippen LogP contribution in [0.5, 0.6) is 0 Å². The van der Waals surface area contributed by atoms with Crippen LogP contribution >= 0.6 is 0 Å². The molecule has 0 aliphatic carbocycles. The average Bonchev–Trinajstić information content (AvgIpc) is 3.09. The molecule has 2 atom stereocenters. The lowest BCUT2D eigenvalue weighted by Gasteiger charge is -2.38. The third kappa shape index (κ3) is 3.19. The van der Waals surface area contributed by atoms with Crippen molar-refractivity contribution >= 4 is 27.7 Å². The lowest BCUT2D eigenvalue weighted by atomic mass is 9.98. The SMILES string of the molecule is C[C@H]1CCC[C@H](C)N1CCNC(=O)c1cc2ccc3cccnc3c2[nH]1. The van der Waals surface area contributed by atoms with Gasteiger partial charge in [-0.2, -0.15) is 0 Å². The minimum atomic E-state index is -0.0532. The molecule has 5 heteroatoms. The van der Waals surface area contributed by atoms with E-state index < -0.39 is 0 Å². The third-order valence-corrected chi connectivity index (χ3v) is 5.64. The van der Waals surface area contributed by atoms with E-state index >= 15 is 0 Å². The van der Waals surface area contributed by atoms with Crippen molar-refractivity contribution in [3.05, 3.63) is 42.2 Å². The molecule has 0 saturated carbocycles.